The predicted molar refractivity (Wildman–Crippen MR) is 92.0 cm³/mol. The van der Waals surface area contributed by atoms with E-state index in [-0.39, 0.29) is 11.1 Å². The van der Waals surface area contributed by atoms with Crippen LogP contribution < -0.4 is 10.6 Å². The summed E-state index contributed by atoms with van der Waals surface area (Å²) in [5, 5.41) is 8.90. The lowest BCUT2D eigenvalue weighted by molar-refractivity contribution is -0.122. The first kappa shape index (κ1) is 18.2. The smallest absolute Gasteiger partial charge is 0.252 e. The maximum absolute atomic E-state index is 13.5. The summed E-state index contributed by atoms with van der Waals surface area (Å²) in [6, 6.07) is 8.28. The first-order chi connectivity index (χ1) is 13.0. The molecular weight excluding hydrogens is 356 g/mol. The number of nitrogens with zero attached hydrogens (tertiary/aromatic N) is 3. The lowest BCUT2D eigenvalue weighted by Crippen LogP contribution is -2.39. The standard InChI is InChI=1S/C18H15F2N5O2/c1-21-18(27)16(12-4-7-14(19)15(20)8-12)24-17(26)11-2-5-13(6-3-11)25-10-22-9-23-25/h2-10,16H,1H3,(H,21,27)(H,24,26). The molecule has 0 radical (unpaired) electrons. The van der Waals surface area contributed by atoms with Gasteiger partial charge in [-0.25, -0.2) is 18.4 Å². The minimum atomic E-state index is -1.17. The maximum Gasteiger partial charge on any atom is 0.252 e. The van der Waals surface area contributed by atoms with Gasteiger partial charge in [-0.05, 0) is 42.0 Å². The van der Waals surface area contributed by atoms with Crippen molar-refractivity contribution in [3.8, 4) is 5.69 Å². The van der Waals surface area contributed by atoms with Crippen molar-refractivity contribution in [3.05, 3.63) is 77.9 Å². The molecule has 2 aromatic carbocycles. The van der Waals surface area contributed by atoms with Crippen LogP contribution in [0.3, 0.4) is 0 Å². The fourth-order valence-electron chi connectivity index (χ4n) is 2.46. The van der Waals surface area contributed by atoms with Crippen LogP contribution in [-0.4, -0.2) is 33.6 Å². The van der Waals surface area contributed by atoms with Gasteiger partial charge in [0.15, 0.2) is 11.6 Å². The number of likely N-dealkylation sites (N-methyl/N-ethyl adjacent to an activating group) is 1. The highest BCUT2D eigenvalue weighted by Gasteiger charge is 2.23. The van der Waals surface area contributed by atoms with E-state index in [0.29, 0.717) is 5.69 Å². The quantitative estimate of drug-likeness (QED) is 0.715. The number of benzene rings is 2. The molecule has 0 aliphatic carbocycles. The van der Waals surface area contributed by atoms with Gasteiger partial charge in [0.2, 0.25) is 5.91 Å². The van der Waals surface area contributed by atoms with E-state index in [1.807, 2.05) is 0 Å². The zero-order valence-electron chi connectivity index (χ0n) is 14.2. The molecule has 9 heteroatoms. The molecule has 1 unspecified atom stereocenters. The maximum atomic E-state index is 13.5. The molecule has 0 aliphatic rings. The Bertz CT molecular complexity index is 958. The van der Waals surface area contributed by atoms with Crippen LogP contribution in [-0.2, 0) is 4.79 Å². The van der Waals surface area contributed by atoms with E-state index in [1.54, 1.807) is 24.3 Å². The second-order valence-corrected chi connectivity index (χ2v) is 5.58. The van der Waals surface area contributed by atoms with Gasteiger partial charge in [0.25, 0.3) is 5.91 Å². The van der Waals surface area contributed by atoms with Crippen LogP contribution in [0, 0.1) is 11.6 Å². The highest BCUT2D eigenvalue weighted by molar-refractivity contribution is 5.98. The number of hydrogen-bond acceptors (Lipinski definition) is 4. The predicted octanol–water partition coefficient (Wildman–Crippen LogP) is 1.76. The van der Waals surface area contributed by atoms with Gasteiger partial charge in [0.1, 0.15) is 18.7 Å². The number of rotatable bonds is 5. The molecule has 7 nitrogen and oxygen atoms in total. The highest BCUT2D eigenvalue weighted by atomic mass is 19.2. The second-order valence-electron chi connectivity index (χ2n) is 5.58. The van der Waals surface area contributed by atoms with Gasteiger partial charge in [-0.1, -0.05) is 6.07 Å². The van der Waals surface area contributed by atoms with Gasteiger partial charge in [-0.3, -0.25) is 9.59 Å². The number of aromatic nitrogens is 3. The molecule has 27 heavy (non-hydrogen) atoms. The van der Waals surface area contributed by atoms with Gasteiger partial charge >= 0.3 is 0 Å². The highest BCUT2D eigenvalue weighted by Crippen LogP contribution is 2.18. The largest absolute Gasteiger partial charge is 0.357 e. The van der Waals surface area contributed by atoms with Crippen molar-refractivity contribution >= 4 is 11.8 Å². The van der Waals surface area contributed by atoms with Gasteiger partial charge in [-0.15, -0.1) is 0 Å². The summed E-state index contributed by atoms with van der Waals surface area (Å²) >= 11 is 0. The summed E-state index contributed by atoms with van der Waals surface area (Å²) in [7, 11) is 1.38. The molecule has 3 rings (SSSR count). The summed E-state index contributed by atoms with van der Waals surface area (Å²) in [5.74, 6) is -3.25. The van der Waals surface area contributed by atoms with Crippen LogP contribution in [0.15, 0.2) is 55.1 Å². The third-order valence-electron chi connectivity index (χ3n) is 3.87. The molecule has 0 aliphatic heterocycles. The van der Waals surface area contributed by atoms with E-state index >= 15 is 0 Å². The number of hydrogen-bond donors (Lipinski definition) is 2. The lowest BCUT2D eigenvalue weighted by Gasteiger charge is -2.18. The van der Waals surface area contributed by atoms with Crippen molar-refractivity contribution in [2.75, 3.05) is 7.05 Å². The molecule has 0 saturated carbocycles. The molecule has 2 N–H and O–H groups in total. The minimum Gasteiger partial charge on any atom is -0.357 e. The van der Waals surface area contributed by atoms with Crippen molar-refractivity contribution in [1.29, 1.82) is 0 Å². The summed E-state index contributed by atoms with van der Waals surface area (Å²) in [6.07, 6.45) is 2.90. The van der Waals surface area contributed by atoms with Crippen LogP contribution in [0.2, 0.25) is 0 Å². The van der Waals surface area contributed by atoms with E-state index in [9.17, 15) is 18.4 Å². The van der Waals surface area contributed by atoms with Crippen LogP contribution in [0.4, 0.5) is 8.78 Å². The van der Waals surface area contributed by atoms with Crippen LogP contribution >= 0.6 is 0 Å². The minimum absolute atomic E-state index is 0.126. The van der Waals surface area contributed by atoms with E-state index in [2.05, 4.69) is 20.7 Å². The average molecular weight is 371 g/mol. The topological polar surface area (TPSA) is 88.9 Å². The zero-order chi connectivity index (χ0) is 19.4. The number of carbonyl (C=O) groups excluding carboxylic acids is 2. The molecule has 0 saturated heterocycles. The lowest BCUT2D eigenvalue weighted by atomic mass is 10.0. The summed E-state index contributed by atoms with van der Waals surface area (Å²) in [5.41, 5.74) is 1.11. The van der Waals surface area contributed by atoms with E-state index in [1.165, 1.54) is 30.5 Å². The van der Waals surface area contributed by atoms with Crippen molar-refractivity contribution in [3.63, 3.8) is 0 Å². The Morgan fingerprint density at radius 2 is 1.81 bits per heavy atom. The van der Waals surface area contributed by atoms with Gasteiger partial charge < -0.3 is 10.6 Å². The van der Waals surface area contributed by atoms with Crippen molar-refractivity contribution in [2.45, 2.75) is 6.04 Å². The first-order valence-corrected chi connectivity index (χ1v) is 7.92. The van der Waals surface area contributed by atoms with Crippen molar-refractivity contribution < 1.29 is 18.4 Å². The molecule has 0 bridgehead atoms. The molecule has 1 atom stereocenters. The van der Waals surface area contributed by atoms with Crippen LogP contribution in [0.1, 0.15) is 22.0 Å². The Kier molecular flexibility index (Phi) is 5.20. The number of nitrogens with one attached hydrogen (secondary N) is 2. The Balaban J connectivity index is 1.82. The summed E-state index contributed by atoms with van der Waals surface area (Å²) < 4.78 is 28.2. The van der Waals surface area contributed by atoms with Crippen LogP contribution in [0.25, 0.3) is 5.69 Å². The van der Waals surface area contributed by atoms with Crippen LogP contribution in [0.5, 0.6) is 0 Å². The van der Waals surface area contributed by atoms with Crippen molar-refractivity contribution in [1.82, 2.24) is 25.4 Å². The van der Waals surface area contributed by atoms with Gasteiger partial charge in [0.05, 0.1) is 5.69 Å². The molecular formula is C18H15F2N5O2. The molecule has 0 spiro atoms. The molecule has 3 aromatic rings. The number of halogens is 2. The fraction of sp³-hybridized carbons (Fsp3) is 0.111. The Labute approximate surface area is 153 Å². The summed E-state index contributed by atoms with van der Waals surface area (Å²) in [6.45, 7) is 0. The molecule has 2 amide bonds. The average Bonchev–Trinajstić information content (AvgIpc) is 3.22. The third kappa shape index (κ3) is 3.97. The monoisotopic (exact) mass is 371 g/mol. The Morgan fingerprint density at radius 3 is 2.41 bits per heavy atom. The van der Waals surface area contributed by atoms with E-state index in [0.717, 1.165) is 12.1 Å². The molecule has 0 fully saturated rings. The van der Waals surface area contributed by atoms with E-state index < -0.39 is 29.5 Å². The fourth-order valence-corrected chi connectivity index (χ4v) is 2.46. The molecule has 1 heterocycles. The molecule has 138 valence electrons. The normalized spacial score (nSPS) is 11.7. The Morgan fingerprint density at radius 1 is 1.07 bits per heavy atom. The second kappa shape index (κ2) is 7.73. The van der Waals surface area contributed by atoms with E-state index in [4.69, 9.17) is 0 Å². The number of carbonyl (C=O) groups is 2. The van der Waals surface area contributed by atoms with Gasteiger partial charge in [0, 0.05) is 12.6 Å². The third-order valence-corrected chi connectivity index (χ3v) is 3.87. The first-order valence-electron chi connectivity index (χ1n) is 7.92. The zero-order valence-corrected chi connectivity index (χ0v) is 14.2. The summed E-state index contributed by atoms with van der Waals surface area (Å²) in [4.78, 5) is 28.5. The Hall–Kier alpha value is -3.62. The van der Waals surface area contributed by atoms with Gasteiger partial charge in [-0.2, -0.15) is 5.10 Å². The van der Waals surface area contributed by atoms with Crippen molar-refractivity contribution in [2.24, 2.45) is 0 Å². The number of amides is 2. The molecule has 1 aromatic heterocycles. The SMILES string of the molecule is CNC(=O)C(NC(=O)c1ccc(-n2cncn2)cc1)c1ccc(F)c(F)c1.